The highest BCUT2D eigenvalue weighted by atomic mass is 16.5. The Balaban J connectivity index is 1.39. The number of rotatable bonds is 9. The molecule has 0 aliphatic carbocycles. The number of nitrogens with one attached hydrogen (secondary N) is 3. The Morgan fingerprint density at radius 3 is 2.43 bits per heavy atom. The van der Waals surface area contributed by atoms with Gasteiger partial charge in [-0.3, -0.25) is 9.59 Å². The molecule has 214 valence electrons. The lowest BCUT2D eigenvalue weighted by Crippen LogP contribution is -2.26. The summed E-state index contributed by atoms with van der Waals surface area (Å²) in [6.45, 7) is 5.77. The van der Waals surface area contributed by atoms with E-state index in [4.69, 9.17) is 9.47 Å². The predicted octanol–water partition coefficient (Wildman–Crippen LogP) is 5.85. The summed E-state index contributed by atoms with van der Waals surface area (Å²) in [7, 11) is 3.06. The lowest BCUT2D eigenvalue weighted by Gasteiger charge is -2.14. The number of aryl methyl sites for hydroxylation is 2. The molecule has 5 aromatic rings. The maximum absolute atomic E-state index is 13.2. The molecular weight excluding hydrogens is 532 g/mol. The molecule has 3 aromatic carbocycles. The van der Waals surface area contributed by atoms with E-state index in [1.165, 1.54) is 13.4 Å². The van der Waals surface area contributed by atoms with Crippen molar-refractivity contribution in [1.29, 1.82) is 0 Å². The molecule has 3 N–H and O–H groups in total. The lowest BCUT2D eigenvalue weighted by atomic mass is 10.1. The van der Waals surface area contributed by atoms with Gasteiger partial charge in [0.15, 0.2) is 5.82 Å². The second kappa shape index (κ2) is 12.0. The van der Waals surface area contributed by atoms with Crippen molar-refractivity contribution in [2.24, 2.45) is 0 Å². The lowest BCUT2D eigenvalue weighted by molar-refractivity contribution is 0.0938. The van der Waals surface area contributed by atoms with Crippen LogP contribution < -0.4 is 25.4 Å². The Kier molecular flexibility index (Phi) is 8.05. The number of nitrogens with zero attached hydrogens (tertiary/aromatic N) is 3. The number of hydrogen-bond donors (Lipinski definition) is 3. The molecule has 0 spiro atoms. The number of aromatic nitrogens is 3. The monoisotopic (exact) mass is 564 g/mol. The third kappa shape index (κ3) is 5.73. The third-order valence-electron chi connectivity index (χ3n) is 7.12. The summed E-state index contributed by atoms with van der Waals surface area (Å²) in [5.41, 5.74) is 5.57. The Morgan fingerprint density at radius 1 is 0.905 bits per heavy atom. The number of ether oxygens (including phenoxy) is 2. The first-order valence-corrected chi connectivity index (χ1v) is 13.4. The number of carbonyl (C=O) groups is 2. The van der Waals surface area contributed by atoms with Gasteiger partial charge in [0.05, 0.1) is 31.4 Å². The predicted molar refractivity (Wildman–Crippen MR) is 162 cm³/mol. The molecule has 2 amide bonds. The fourth-order valence-electron chi connectivity index (χ4n) is 4.73. The fraction of sp³-hybridized carbons (Fsp3) is 0.188. The van der Waals surface area contributed by atoms with Crippen molar-refractivity contribution in [3.8, 4) is 11.5 Å². The van der Waals surface area contributed by atoms with Crippen molar-refractivity contribution in [2.45, 2.75) is 26.8 Å². The van der Waals surface area contributed by atoms with Crippen LogP contribution in [-0.2, 0) is 0 Å². The molecule has 0 saturated carbocycles. The molecule has 0 saturated heterocycles. The summed E-state index contributed by atoms with van der Waals surface area (Å²) in [6.07, 6.45) is 3.14. The Bertz CT molecular complexity index is 1770. The molecule has 2 aromatic heterocycles. The summed E-state index contributed by atoms with van der Waals surface area (Å²) in [5.74, 6) is 1.00. The number of benzene rings is 3. The van der Waals surface area contributed by atoms with Crippen LogP contribution in [0.3, 0.4) is 0 Å². The number of fused-ring (bicyclic) bond motifs is 1. The van der Waals surface area contributed by atoms with E-state index >= 15 is 0 Å². The van der Waals surface area contributed by atoms with Crippen LogP contribution in [0.2, 0.25) is 0 Å². The molecule has 0 bridgehead atoms. The second-order valence-electron chi connectivity index (χ2n) is 9.85. The molecule has 0 unspecified atom stereocenters. The summed E-state index contributed by atoms with van der Waals surface area (Å²) >= 11 is 0. The number of hydrogen-bond acceptors (Lipinski definition) is 7. The summed E-state index contributed by atoms with van der Waals surface area (Å²) in [5, 5.41) is 13.7. The van der Waals surface area contributed by atoms with Gasteiger partial charge in [-0.25, -0.2) is 9.50 Å². The number of methoxy groups -OCH3 is 2. The molecule has 5 rings (SSSR count). The fourth-order valence-corrected chi connectivity index (χ4v) is 4.73. The molecule has 0 aliphatic rings. The highest BCUT2D eigenvalue weighted by molar-refractivity contribution is 6.06. The van der Waals surface area contributed by atoms with Gasteiger partial charge in [-0.05, 0) is 61.7 Å². The normalized spacial score (nSPS) is 11.5. The number of carbonyl (C=O) groups excluding carboxylic acids is 2. The van der Waals surface area contributed by atoms with E-state index in [2.05, 4.69) is 26.0 Å². The highest BCUT2D eigenvalue weighted by Crippen LogP contribution is 2.30. The zero-order valence-corrected chi connectivity index (χ0v) is 24.1. The van der Waals surface area contributed by atoms with Crippen LogP contribution >= 0.6 is 0 Å². The van der Waals surface area contributed by atoms with Crippen LogP contribution in [0.4, 0.5) is 17.2 Å². The largest absolute Gasteiger partial charge is 0.497 e. The Labute approximate surface area is 243 Å². The van der Waals surface area contributed by atoms with E-state index in [0.717, 1.165) is 22.4 Å². The van der Waals surface area contributed by atoms with Gasteiger partial charge in [0.25, 0.3) is 11.8 Å². The van der Waals surface area contributed by atoms with E-state index in [1.807, 2.05) is 69.3 Å². The molecular formula is C32H32N6O4. The van der Waals surface area contributed by atoms with Gasteiger partial charge in [-0.1, -0.05) is 36.4 Å². The van der Waals surface area contributed by atoms with Crippen molar-refractivity contribution < 1.29 is 19.1 Å². The van der Waals surface area contributed by atoms with Gasteiger partial charge in [-0.15, -0.1) is 0 Å². The quantitative estimate of drug-likeness (QED) is 0.205. The van der Waals surface area contributed by atoms with Crippen molar-refractivity contribution in [3.05, 3.63) is 107 Å². The first-order valence-electron chi connectivity index (χ1n) is 13.4. The minimum absolute atomic E-state index is 0.164. The summed E-state index contributed by atoms with van der Waals surface area (Å²) < 4.78 is 12.3. The molecule has 1 atom stereocenters. The molecule has 2 heterocycles. The zero-order valence-electron chi connectivity index (χ0n) is 24.1. The van der Waals surface area contributed by atoms with E-state index in [9.17, 15) is 9.59 Å². The SMILES string of the molecule is COc1ccc(C(=O)Nc2ccc(C)c(Nc3ncnn4cc(C(=O)N[C@@H](C)c5ccccc5)c(C)c34)c2)c(OC)c1. The van der Waals surface area contributed by atoms with Crippen molar-refractivity contribution in [3.63, 3.8) is 0 Å². The zero-order chi connectivity index (χ0) is 29.8. The average Bonchev–Trinajstić information content (AvgIpc) is 3.36. The van der Waals surface area contributed by atoms with Gasteiger partial charge < -0.3 is 25.4 Å². The summed E-state index contributed by atoms with van der Waals surface area (Å²) in [6, 6.07) is 20.2. The third-order valence-corrected chi connectivity index (χ3v) is 7.12. The molecule has 10 nitrogen and oxygen atoms in total. The molecule has 0 fully saturated rings. The standard InChI is InChI=1S/C32H32N6O4/c1-19-11-12-23(36-31(39)25-14-13-24(41-4)16-28(25)42-5)15-27(19)37-30-29-20(2)26(17-38(29)34-18-33-30)32(40)35-21(3)22-9-7-6-8-10-22/h6-18,21H,1-5H3,(H,35,40)(H,36,39)(H,33,34,37)/t21-/m0/s1. The van der Waals surface area contributed by atoms with E-state index < -0.39 is 0 Å². The van der Waals surface area contributed by atoms with Crippen LogP contribution in [0.15, 0.2) is 79.3 Å². The van der Waals surface area contributed by atoms with Crippen LogP contribution in [0, 0.1) is 13.8 Å². The van der Waals surface area contributed by atoms with Crippen LogP contribution in [0.25, 0.3) is 5.52 Å². The maximum Gasteiger partial charge on any atom is 0.259 e. The first-order chi connectivity index (χ1) is 20.3. The van der Waals surface area contributed by atoms with Gasteiger partial charge in [0.1, 0.15) is 23.3 Å². The van der Waals surface area contributed by atoms with Crippen molar-refractivity contribution >= 4 is 34.5 Å². The van der Waals surface area contributed by atoms with Gasteiger partial charge in [0, 0.05) is 23.6 Å². The van der Waals surface area contributed by atoms with Crippen LogP contribution in [0.5, 0.6) is 11.5 Å². The van der Waals surface area contributed by atoms with Gasteiger partial charge in [0.2, 0.25) is 0 Å². The number of anilines is 3. The van der Waals surface area contributed by atoms with Crippen LogP contribution in [-0.4, -0.2) is 40.6 Å². The molecule has 0 radical (unpaired) electrons. The average molecular weight is 565 g/mol. The minimum Gasteiger partial charge on any atom is -0.497 e. The van der Waals surface area contributed by atoms with Crippen molar-refractivity contribution in [1.82, 2.24) is 19.9 Å². The molecule has 0 aliphatic heterocycles. The number of amides is 2. The van der Waals surface area contributed by atoms with Crippen molar-refractivity contribution in [2.75, 3.05) is 24.9 Å². The first kappa shape index (κ1) is 28.2. The van der Waals surface area contributed by atoms with Gasteiger partial charge in [-0.2, -0.15) is 5.10 Å². The Morgan fingerprint density at radius 2 is 1.69 bits per heavy atom. The van der Waals surface area contributed by atoms with E-state index in [-0.39, 0.29) is 17.9 Å². The van der Waals surface area contributed by atoms with E-state index in [1.54, 1.807) is 36.0 Å². The molecule has 10 heteroatoms. The van der Waals surface area contributed by atoms with Gasteiger partial charge >= 0.3 is 0 Å². The Hall–Kier alpha value is -5.38. The molecule has 42 heavy (non-hydrogen) atoms. The topological polar surface area (TPSA) is 119 Å². The minimum atomic E-state index is -0.323. The summed E-state index contributed by atoms with van der Waals surface area (Å²) in [4.78, 5) is 30.8. The van der Waals surface area contributed by atoms with E-state index in [0.29, 0.717) is 39.6 Å². The smallest absolute Gasteiger partial charge is 0.259 e. The van der Waals surface area contributed by atoms with Crippen LogP contribution in [0.1, 0.15) is 50.4 Å². The highest BCUT2D eigenvalue weighted by Gasteiger charge is 2.20. The second-order valence-corrected chi connectivity index (χ2v) is 9.85. The maximum atomic E-state index is 13.2.